The van der Waals surface area contributed by atoms with E-state index in [2.05, 4.69) is 10.3 Å². The predicted molar refractivity (Wildman–Crippen MR) is 73.7 cm³/mol. The maximum atomic E-state index is 13.8. The molecule has 2 aromatic carbocycles. The fourth-order valence-electron chi connectivity index (χ4n) is 2.04. The SMILES string of the molecule is O=C(O)c1ccc(-c2cnnn2-c2ccccc2)cc1F. The van der Waals surface area contributed by atoms with Gasteiger partial charge in [0.25, 0.3) is 0 Å². The molecule has 3 rings (SSSR count). The second-order valence-electron chi connectivity index (χ2n) is 4.37. The maximum absolute atomic E-state index is 13.8. The second-order valence-corrected chi connectivity index (χ2v) is 4.37. The van der Waals surface area contributed by atoms with Crippen molar-refractivity contribution >= 4 is 5.97 Å². The second kappa shape index (κ2) is 5.16. The number of carboxylic acid groups (broad SMARTS) is 1. The Hall–Kier alpha value is -3.02. The smallest absolute Gasteiger partial charge is 0.338 e. The van der Waals surface area contributed by atoms with E-state index < -0.39 is 11.8 Å². The van der Waals surface area contributed by atoms with Crippen LogP contribution >= 0.6 is 0 Å². The minimum absolute atomic E-state index is 0.363. The topological polar surface area (TPSA) is 68.0 Å². The van der Waals surface area contributed by atoms with Crippen LogP contribution in [0.5, 0.6) is 0 Å². The number of halogens is 1. The summed E-state index contributed by atoms with van der Waals surface area (Å²) in [6.07, 6.45) is 1.50. The molecule has 1 N–H and O–H groups in total. The Balaban J connectivity index is 2.09. The number of aromatic carboxylic acids is 1. The molecular weight excluding hydrogens is 273 g/mol. The van der Waals surface area contributed by atoms with Gasteiger partial charge in [0.1, 0.15) is 5.82 Å². The summed E-state index contributed by atoms with van der Waals surface area (Å²) >= 11 is 0. The Morgan fingerprint density at radius 3 is 2.57 bits per heavy atom. The van der Waals surface area contributed by atoms with Crippen LogP contribution in [0.15, 0.2) is 54.7 Å². The van der Waals surface area contributed by atoms with Gasteiger partial charge in [0, 0.05) is 5.56 Å². The van der Waals surface area contributed by atoms with Crippen molar-refractivity contribution < 1.29 is 14.3 Å². The van der Waals surface area contributed by atoms with Crippen molar-refractivity contribution in [3.63, 3.8) is 0 Å². The first kappa shape index (κ1) is 13.0. The maximum Gasteiger partial charge on any atom is 0.338 e. The molecule has 0 saturated heterocycles. The molecule has 104 valence electrons. The third kappa shape index (κ3) is 2.38. The first-order valence-corrected chi connectivity index (χ1v) is 6.16. The van der Waals surface area contributed by atoms with Crippen LogP contribution in [-0.2, 0) is 0 Å². The van der Waals surface area contributed by atoms with E-state index in [0.717, 1.165) is 5.69 Å². The molecule has 1 heterocycles. The van der Waals surface area contributed by atoms with E-state index in [-0.39, 0.29) is 5.56 Å². The number of hydrogen-bond donors (Lipinski definition) is 1. The number of rotatable bonds is 3. The standard InChI is InChI=1S/C15H10FN3O2/c16-13-8-10(6-7-12(13)15(20)21)14-9-17-18-19(14)11-4-2-1-3-5-11/h1-9H,(H,20,21). The van der Waals surface area contributed by atoms with Crippen LogP contribution in [0.25, 0.3) is 16.9 Å². The Morgan fingerprint density at radius 1 is 1.14 bits per heavy atom. The number of hydrogen-bond acceptors (Lipinski definition) is 3. The monoisotopic (exact) mass is 283 g/mol. The lowest BCUT2D eigenvalue weighted by atomic mass is 10.1. The first-order valence-electron chi connectivity index (χ1n) is 6.16. The van der Waals surface area contributed by atoms with Gasteiger partial charge in [-0.1, -0.05) is 29.5 Å². The summed E-state index contributed by atoms with van der Waals surface area (Å²) in [6.45, 7) is 0. The van der Waals surface area contributed by atoms with E-state index in [1.54, 1.807) is 4.68 Å². The van der Waals surface area contributed by atoms with E-state index in [9.17, 15) is 9.18 Å². The van der Waals surface area contributed by atoms with Crippen molar-refractivity contribution in [2.75, 3.05) is 0 Å². The van der Waals surface area contributed by atoms with Gasteiger partial charge < -0.3 is 5.11 Å². The first-order chi connectivity index (χ1) is 10.2. The highest BCUT2D eigenvalue weighted by atomic mass is 19.1. The van der Waals surface area contributed by atoms with Crippen LogP contribution < -0.4 is 0 Å². The average molecular weight is 283 g/mol. The fraction of sp³-hybridized carbons (Fsp3) is 0. The Kier molecular flexibility index (Phi) is 3.19. The minimum Gasteiger partial charge on any atom is -0.478 e. The van der Waals surface area contributed by atoms with Crippen LogP contribution in [0, 0.1) is 5.82 Å². The van der Waals surface area contributed by atoms with Crippen molar-refractivity contribution in [3.05, 3.63) is 66.1 Å². The quantitative estimate of drug-likeness (QED) is 0.802. The Morgan fingerprint density at radius 2 is 1.90 bits per heavy atom. The number of para-hydroxylation sites is 1. The van der Waals surface area contributed by atoms with E-state index in [1.807, 2.05) is 30.3 Å². The summed E-state index contributed by atoms with van der Waals surface area (Å²) in [5.41, 5.74) is 1.51. The molecule has 0 bridgehead atoms. The molecule has 5 nitrogen and oxygen atoms in total. The van der Waals surface area contributed by atoms with Gasteiger partial charge in [-0.05, 0) is 24.3 Å². The third-order valence-corrected chi connectivity index (χ3v) is 3.05. The lowest BCUT2D eigenvalue weighted by Crippen LogP contribution is -2.02. The fourth-order valence-corrected chi connectivity index (χ4v) is 2.04. The molecule has 0 unspecified atom stereocenters. The molecule has 0 fully saturated rings. The summed E-state index contributed by atoms with van der Waals surface area (Å²) < 4.78 is 15.4. The molecule has 0 atom stereocenters. The number of carbonyl (C=O) groups is 1. The van der Waals surface area contributed by atoms with Crippen LogP contribution in [0.3, 0.4) is 0 Å². The largest absolute Gasteiger partial charge is 0.478 e. The van der Waals surface area contributed by atoms with Crippen LogP contribution in [0.2, 0.25) is 0 Å². The minimum atomic E-state index is -1.30. The molecule has 1 aromatic heterocycles. The molecule has 0 aliphatic carbocycles. The van der Waals surface area contributed by atoms with E-state index in [0.29, 0.717) is 11.3 Å². The van der Waals surface area contributed by atoms with Crippen molar-refractivity contribution in [1.29, 1.82) is 0 Å². The van der Waals surface area contributed by atoms with E-state index in [1.165, 1.54) is 24.4 Å². The van der Waals surface area contributed by atoms with Crippen LogP contribution in [-0.4, -0.2) is 26.1 Å². The molecular formula is C15H10FN3O2. The van der Waals surface area contributed by atoms with E-state index >= 15 is 0 Å². The molecule has 0 radical (unpaired) electrons. The van der Waals surface area contributed by atoms with Gasteiger partial charge in [-0.3, -0.25) is 0 Å². The van der Waals surface area contributed by atoms with Crippen molar-refractivity contribution in [2.24, 2.45) is 0 Å². The van der Waals surface area contributed by atoms with Crippen molar-refractivity contribution in [1.82, 2.24) is 15.0 Å². The van der Waals surface area contributed by atoms with Crippen LogP contribution in [0.4, 0.5) is 4.39 Å². The van der Waals surface area contributed by atoms with Gasteiger partial charge in [0.05, 0.1) is 23.1 Å². The molecule has 3 aromatic rings. The molecule has 0 amide bonds. The molecule has 21 heavy (non-hydrogen) atoms. The summed E-state index contributed by atoms with van der Waals surface area (Å²) in [5, 5.41) is 16.7. The third-order valence-electron chi connectivity index (χ3n) is 3.05. The highest BCUT2D eigenvalue weighted by molar-refractivity contribution is 5.88. The molecule has 0 aliphatic rings. The summed E-state index contributed by atoms with van der Waals surface area (Å²) in [7, 11) is 0. The van der Waals surface area contributed by atoms with Gasteiger partial charge >= 0.3 is 5.97 Å². The zero-order chi connectivity index (χ0) is 14.8. The lowest BCUT2D eigenvalue weighted by molar-refractivity contribution is 0.0692. The highest BCUT2D eigenvalue weighted by Gasteiger charge is 2.14. The van der Waals surface area contributed by atoms with Gasteiger partial charge in [-0.2, -0.15) is 0 Å². The van der Waals surface area contributed by atoms with Crippen molar-refractivity contribution in [2.45, 2.75) is 0 Å². The van der Waals surface area contributed by atoms with Gasteiger partial charge in [0.15, 0.2) is 0 Å². The lowest BCUT2D eigenvalue weighted by Gasteiger charge is -2.07. The molecule has 6 heteroatoms. The zero-order valence-corrected chi connectivity index (χ0v) is 10.8. The summed E-state index contributed by atoms with van der Waals surface area (Å²) in [4.78, 5) is 10.8. The van der Waals surface area contributed by atoms with Gasteiger partial charge in [-0.25, -0.2) is 13.9 Å². The number of carboxylic acids is 1. The zero-order valence-electron chi connectivity index (χ0n) is 10.8. The highest BCUT2D eigenvalue weighted by Crippen LogP contribution is 2.23. The summed E-state index contributed by atoms with van der Waals surface area (Å²) in [6, 6.07) is 13.2. The van der Waals surface area contributed by atoms with Gasteiger partial charge in [0.2, 0.25) is 0 Å². The van der Waals surface area contributed by atoms with Gasteiger partial charge in [-0.15, -0.1) is 5.10 Å². The number of aromatic nitrogens is 3. The normalized spacial score (nSPS) is 10.5. The average Bonchev–Trinajstić information content (AvgIpc) is 2.97. The van der Waals surface area contributed by atoms with E-state index in [4.69, 9.17) is 5.11 Å². The number of benzene rings is 2. The van der Waals surface area contributed by atoms with Crippen LogP contribution in [0.1, 0.15) is 10.4 Å². The molecule has 0 saturated carbocycles. The molecule has 0 spiro atoms. The number of nitrogens with zero attached hydrogens (tertiary/aromatic N) is 3. The molecule has 0 aliphatic heterocycles. The Labute approximate surface area is 119 Å². The summed E-state index contributed by atoms with van der Waals surface area (Å²) in [5.74, 6) is -2.09. The predicted octanol–water partition coefficient (Wildman–Crippen LogP) is 2.77. The van der Waals surface area contributed by atoms with Crippen molar-refractivity contribution in [3.8, 4) is 16.9 Å². The Bertz CT molecular complexity index is 800.